The van der Waals surface area contributed by atoms with Crippen LogP contribution in [-0.2, 0) is 9.84 Å². The fourth-order valence-corrected chi connectivity index (χ4v) is 3.17. The number of nitro benzene ring substituents is 1. The van der Waals surface area contributed by atoms with Gasteiger partial charge in [0.15, 0.2) is 9.84 Å². The Kier molecular flexibility index (Phi) is 4.17. The summed E-state index contributed by atoms with van der Waals surface area (Å²) in [4.78, 5) is 10.00. The summed E-state index contributed by atoms with van der Waals surface area (Å²) in [6.07, 6.45) is 0.685. The molecule has 2 atom stereocenters. The van der Waals surface area contributed by atoms with Gasteiger partial charge in [0.05, 0.1) is 16.8 Å². The van der Waals surface area contributed by atoms with Gasteiger partial charge in [-0.25, -0.2) is 8.42 Å². The van der Waals surface area contributed by atoms with Crippen molar-refractivity contribution < 1.29 is 18.4 Å². The Morgan fingerprint density at radius 1 is 1.40 bits per heavy atom. The van der Waals surface area contributed by atoms with E-state index in [0.717, 1.165) is 5.41 Å². The van der Waals surface area contributed by atoms with Gasteiger partial charge in [0.1, 0.15) is 0 Å². The molecule has 0 bridgehead atoms. The smallest absolute Gasteiger partial charge is 0.269 e. The Balaban J connectivity index is 1.90. The van der Waals surface area contributed by atoms with Crippen LogP contribution in [0.1, 0.15) is 11.7 Å². The van der Waals surface area contributed by atoms with Crippen LogP contribution in [0.3, 0.4) is 0 Å². The molecule has 1 aromatic rings. The van der Waals surface area contributed by atoms with Crippen molar-refractivity contribution in [3.8, 4) is 0 Å². The minimum atomic E-state index is -3.12. The maximum absolute atomic E-state index is 11.2. The number of sulfone groups is 1. The molecule has 7 nitrogen and oxygen atoms in total. The third-order valence-electron chi connectivity index (χ3n) is 2.99. The van der Waals surface area contributed by atoms with Gasteiger partial charge >= 0.3 is 0 Å². The lowest BCUT2D eigenvalue weighted by atomic mass is 10.1. The third-order valence-corrected chi connectivity index (χ3v) is 4.39. The van der Waals surface area contributed by atoms with Crippen molar-refractivity contribution in [3.05, 3.63) is 51.4 Å². The van der Waals surface area contributed by atoms with E-state index in [1.165, 1.54) is 30.3 Å². The Labute approximate surface area is 116 Å². The quantitative estimate of drug-likeness (QED) is 0.606. The molecule has 20 heavy (non-hydrogen) atoms. The second kappa shape index (κ2) is 5.70. The number of nitrogens with zero attached hydrogens (tertiary/aromatic N) is 1. The summed E-state index contributed by atoms with van der Waals surface area (Å²) in [6.45, 7) is 0.169. The van der Waals surface area contributed by atoms with Crippen LogP contribution in [0.25, 0.3) is 0 Å². The van der Waals surface area contributed by atoms with E-state index in [1.807, 2.05) is 0 Å². The maximum atomic E-state index is 11.2. The zero-order valence-corrected chi connectivity index (χ0v) is 11.3. The zero-order valence-electron chi connectivity index (χ0n) is 10.5. The van der Waals surface area contributed by atoms with Crippen LogP contribution < -0.4 is 5.32 Å². The molecule has 1 aromatic carbocycles. The van der Waals surface area contributed by atoms with E-state index in [9.17, 15) is 23.6 Å². The van der Waals surface area contributed by atoms with Crippen LogP contribution >= 0.6 is 0 Å². The van der Waals surface area contributed by atoms with Crippen molar-refractivity contribution in [1.82, 2.24) is 5.32 Å². The van der Waals surface area contributed by atoms with E-state index < -0.39 is 20.9 Å². The second-order valence-corrected chi connectivity index (χ2v) is 6.47. The van der Waals surface area contributed by atoms with Crippen molar-refractivity contribution in [2.45, 2.75) is 12.1 Å². The number of hydrogen-bond acceptors (Lipinski definition) is 6. The van der Waals surface area contributed by atoms with E-state index in [0.29, 0.717) is 5.56 Å². The molecule has 0 radical (unpaired) electrons. The molecule has 0 aliphatic carbocycles. The molecule has 8 heteroatoms. The van der Waals surface area contributed by atoms with E-state index >= 15 is 0 Å². The van der Waals surface area contributed by atoms with Gasteiger partial charge in [-0.2, -0.15) is 0 Å². The van der Waals surface area contributed by atoms with E-state index in [4.69, 9.17) is 0 Å². The van der Waals surface area contributed by atoms with Gasteiger partial charge in [-0.1, -0.05) is 6.08 Å². The lowest BCUT2D eigenvalue weighted by Crippen LogP contribution is -2.33. The molecule has 1 aliphatic heterocycles. The number of nitro groups is 1. The first-order valence-corrected chi connectivity index (χ1v) is 7.66. The van der Waals surface area contributed by atoms with Gasteiger partial charge in [0.25, 0.3) is 5.69 Å². The molecule has 2 N–H and O–H groups in total. The minimum Gasteiger partial charge on any atom is -0.387 e. The Hall–Kier alpha value is -1.77. The summed E-state index contributed by atoms with van der Waals surface area (Å²) in [5.41, 5.74) is 0.492. The van der Waals surface area contributed by atoms with Gasteiger partial charge in [-0.3, -0.25) is 10.1 Å². The second-order valence-electron chi connectivity index (χ2n) is 4.54. The normalized spacial score (nSPS) is 21.8. The number of nitrogens with one attached hydrogen (secondary N) is 1. The molecular weight excluding hydrogens is 284 g/mol. The number of aliphatic hydroxyl groups is 1. The van der Waals surface area contributed by atoms with Crippen LogP contribution in [-0.4, -0.2) is 36.8 Å². The fraction of sp³-hybridized carbons (Fsp3) is 0.333. The van der Waals surface area contributed by atoms with Crippen LogP contribution in [0.4, 0.5) is 5.69 Å². The molecule has 1 aliphatic rings. The largest absolute Gasteiger partial charge is 0.387 e. The van der Waals surface area contributed by atoms with Crippen molar-refractivity contribution >= 4 is 15.5 Å². The maximum Gasteiger partial charge on any atom is 0.269 e. The molecule has 0 spiro atoms. The minimum absolute atomic E-state index is 0.0139. The summed E-state index contributed by atoms with van der Waals surface area (Å²) in [5, 5.41) is 24.5. The Morgan fingerprint density at radius 2 is 2.05 bits per heavy atom. The van der Waals surface area contributed by atoms with E-state index in [1.54, 1.807) is 0 Å². The number of non-ortho nitro benzene ring substituents is 1. The van der Waals surface area contributed by atoms with Crippen molar-refractivity contribution in [1.29, 1.82) is 0 Å². The molecule has 108 valence electrons. The standard InChI is InChI=1S/C12H14N2O5S/c15-12(7-13-10-5-6-20(18,19)8-10)9-1-3-11(4-2-9)14(16)17/h1-6,10,12-13,15H,7-8H2. The van der Waals surface area contributed by atoms with Gasteiger partial charge in [-0.05, 0) is 17.7 Å². The first-order chi connectivity index (χ1) is 9.37. The highest BCUT2D eigenvalue weighted by Gasteiger charge is 2.22. The van der Waals surface area contributed by atoms with Crippen LogP contribution in [0, 0.1) is 10.1 Å². The summed E-state index contributed by atoms with van der Waals surface area (Å²) in [5.74, 6) is -0.0139. The molecule has 0 saturated carbocycles. The first-order valence-electron chi connectivity index (χ1n) is 5.94. The monoisotopic (exact) mass is 298 g/mol. The fourth-order valence-electron chi connectivity index (χ4n) is 1.90. The molecule has 0 saturated heterocycles. The first kappa shape index (κ1) is 14.6. The Bertz CT molecular complexity index is 624. The highest BCUT2D eigenvalue weighted by Crippen LogP contribution is 2.17. The summed E-state index contributed by atoms with van der Waals surface area (Å²) >= 11 is 0. The van der Waals surface area contributed by atoms with Crippen molar-refractivity contribution in [2.24, 2.45) is 0 Å². The van der Waals surface area contributed by atoms with Gasteiger partial charge in [-0.15, -0.1) is 0 Å². The van der Waals surface area contributed by atoms with Gasteiger partial charge < -0.3 is 10.4 Å². The Morgan fingerprint density at radius 3 is 2.55 bits per heavy atom. The molecule has 1 heterocycles. The van der Waals surface area contributed by atoms with Crippen LogP contribution in [0.5, 0.6) is 0 Å². The highest BCUT2D eigenvalue weighted by atomic mass is 32.2. The van der Waals surface area contributed by atoms with Crippen molar-refractivity contribution in [2.75, 3.05) is 12.3 Å². The molecule has 0 amide bonds. The third kappa shape index (κ3) is 3.62. The average molecular weight is 298 g/mol. The zero-order chi connectivity index (χ0) is 14.8. The summed E-state index contributed by atoms with van der Waals surface area (Å²) in [7, 11) is -3.12. The highest BCUT2D eigenvalue weighted by molar-refractivity contribution is 7.94. The SMILES string of the molecule is O=[N+]([O-])c1ccc(C(O)CNC2C=CS(=O)(=O)C2)cc1. The van der Waals surface area contributed by atoms with E-state index in [2.05, 4.69) is 5.32 Å². The lowest BCUT2D eigenvalue weighted by molar-refractivity contribution is -0.384. The summed E-state index contributed by atoms with van der Waals surface area (Å²) < 4.78 is 22.4. The molecule has 0 aromatic heterocycles. The van der Waals surface area contributed by atoms with Crippen LogP contribution in [0.2, 0.25) is 0 Å². The lowest BCUT2D eigenvalue weighted by Gasteiger charge is -2.15. The number of hydrogen-bond donors (Lipinski definition) is 2. The van der Waals surface area contributed by atoms with Crippen LogP contribution in [0.15, 0.2) is 35.7 Å². The number of benzene rings is 1. The number of rotatable bonds is 5. The predicted octanol–water partition coefficient (Wildman–Crippen LogP) is 0.528. The summed E-state index contributed by atoms with van der Waals surface area (Å²) in [6, 6.07) is 5.28. The average Bonchev–Trinajstić information content (AvgIpc) is 2.75. The van der Waals surface area contributed by atoms with Crippen molar-refractivity contribution in [3.63, 3.8) is 0 Å². The molecular formula is C12H14N2O5S. The molecule has 2 rings (SSSR count). The van der Waals surface area contributed by atoms with Gasteiger partial charge in [0, 0.05) is 30.1 Å². The molecule has 2 unspecified atom stereocenters. The van der Waals surface area contributed by atoms with E-state index in [-0.39, 0.29) is 24.0 Å². The predicted molar refractivity (Wildman–Crippen MR) is 72.8 cm³/mol. The molecule has 0 fully saturated rings. The van der Waals surface area contributed by atoms with Gasteiger partial charge in [0.2, 0.25) is 0 Å². The topological polar surface area (TPSA) is 110 Å². The number of aliphatic hydroxyl groups excluding tert-OH is 1.